The molecule has 0 saturated carbocycles. The van der Waals surface area contributed by atoms with E-state index in [1.807, 2.05) is 0 Å². The van der Waals surface area contributed by atoms with Crippen LogP contribution in [0.3, 0.4) is 0 Å². The Balaban J connectivity index is 1.49. The predicted octanol–water partition coefficient (Wildman–Crippen LogP) is 8.15. The van der Waals surface area contributed by atoms with E-state index in [1.54, 1.807) is 69.3 Å². The molecule has 6 rings (SSSR count). The van der Waals surface area contributed by atoms with Gasteiger partial charge in [-0.3, -0.25) is 14.5 Å². The molecule has 0 radical (unpaired) electrons. The van der Waals surface area contributed by atoms with Crippen LogP contribution < -0.4 is 15.4 Å². The number of hydrogen-bond donors (Lipinski definition) is 2. The van der Waals surface area contributed by atoms with Crippen LogP contribution in [0.15, 0.2) is 72.9 Å². The summed E-state index contributed by atoms with van der Waals surface area (Å²) in [5.74, 6) is -1.80. The minimum Gasteiger partial charge on any atom is -0.486 e. The molecule has 1 saturated heterocycles. The SMILES string of the molecule is CC(C)(C)OC(=O)N1C=CC(Oc2ccc(C(F)(F)F)cc2[C@H]2NC(=O)C[C@@H](c3cccc(Cl)c3)[C@]23C(=O)Nc2cc(Cl)ccc23)CC1. The number of carbonyl (C=O) groups is 3. The Kier molecular flexibility index (Phi) is 8.66. The maximum Gasteiger partial charge on any atom is 0.416 e. The van der Waals surface area contributed by atoms with Crippen molar-refractivity contribution in [2.75, 3.05) is 11.9 Å². The van der Waals surface area contributed by atoms with Crippen molar-refractivity contribution in [3.8, 4) is 5.75 Å². The zero-order valence-electron chi connectivity index (χ0n) is 26.2. The lowest BCUT2D eigenvalue weighted by atomic mass is 9.59. The van der Waals surface area contributed by atoms with Gasteiger partial charge >= 0.3 is 12.3 Å². The highest BCUT2D eigenvalue weighted by Crippen LogP contribution is 2.59. The highest BCUT2D eigenvalue weighted by Gasteiger charge is 2.62. The van der Waals surface area contributed by atoms with E-state index in [2.05, 4.69) is 10.6 Å². The van der Waals surface area contributed by atoms with Crippen LogP contribution in [-0.2, 0) is 25.9 Å². The van der Waals surface area contributed by atoms with E-state index >= 15 is 0 Å². The molecule has 4 atom stereocenters. The molecule has 3 heterocycles. The van der Waals surface area contributed by atoms with Gasteiger partial charge in [0.15, 0.2) is 0 Å². The van der Waals surface area contributed by atoms with Crippen molar-refractivity contribution in [1.29, 1.82) is 0 Å². The van der Waals surface area contributed by atoms with Crippen LogP contribution in [0.5, 0.6) is 5.75 Å². The topological polar surface area (TPSA) is 97.0 Å². The third kappa shape index (κ3) is 6.33. The summed E-state index contributed by atoms with van der Waals surface area (Å²) in [6.45, 7) is 5.48. The zero-order chi connectivity index (χ0) is 34.6. The normalized spacial score (nSPS) is 23.8. The van der Waals surface area contributed by atoms with Gasteiger partial charge in [0.25, 0.3) is 0 Å². The molecule has 1 spiro atoms. The standard InChI is InChI=1S/C35H32Cl2F3N3O5/c1-33(2,3)48-32(46)43-13-11-23(12-14-43)47-28-10-7-20(35(38,39)40)16-24(28)30-34(25-9-8-22(37)17-27(25)41-31(34)45)26(18-29(44)42-30)19-5-4-6-21(36)15-19/h4-11,13,15-17,23,26,30H,12,14,18H2,1-3H3,(H,41,45)(H,42,44)/t23?,26-,30+,34-/m0/s1. The lowest BCUT2D eigenvalue weighted by molar-refractivity contribution is -0.137. The molecule has 3 aromatic carbocycles. The quantitative estimate of drug-likeness (QED) is 0.286. The fraction of sp³-hybridized carbons (Fsp3) is 0.343. The van der Waals surface area contributed by atoms with Gasteiger partial charge in [-0.25, -0.2) is 4.79 Å². The number of anilines is 1. The van der Waals surface area contributed by atoms with Gasteiger partial charge in [-0.15, -0.1) is 0 Å². The van der Waals surface area contributed by atoms with E-state index in [0.29, 0.717) is 33.3 Å². The molecule has 3 aliphatic rings. The molecule has 48 heavy (non-hydrogen) atoms. The molecule has 0 aromatic heterocycles. The van der Waals surface area contributed by atoms with Crippen molar-refractivity contribution >= 4 is 46.8 Å². The molecule has 0 bridgehead atoms. The van der Waals surface area contributed by atoms with Gasteiger partial charge in [-0.1, -0.05) is 41.4 Å². The lowest BCUT2D eigenvalue weighted by Crippen LogP contribution is -2.57. The molecule has 2 N–H and O–H groups in total. The number of benzene rings is 3. The zero-order valence-corrected chi connectivity index (χ0v) is 27.7. The number of alkyl halides is 3. The fourth-order valence-corrected chi connectivity index (χ4v) is 7.07. The van der Waals surface area contributed by atoms with Gasteiger partial charge in [0.05, 0.1) is 11.6 Å². The molecule has 1 fully saturated rings. The summed E-state index contributed by atoms with van der Waals surface area (Å²) in [7, 11) is 0. The van der Waals surface area contributed by atoms with Gasteiger partial charge in [0.1, 0.15) is 22.9 Å². The number of ether oxygens (including phenoxy) is 2. The maximum absolute atomic E-state index is 14.4. The minimum atomic E-state index is -4.74. The number of hydrogen-bond acceptors (Lipinski definition) is 5. The van der Waals surface area contributed by atoms with Crippen LogP contribution in [0.4, 0.5) is 23.7 Å². The summed E-state index contributed by atoms with van der Waals surface area (Å²) in [6, 6.07) is 13.3. The van der Waals surface area contributed by atoms with Crippen molar-refractivity contribution in [1.82, 2.24) is 10.2 Å². The molecule has 3 amide bonds. The van der Waals surface area contributed by atoms with E-state index < -0.39 is 58.7 Å². The second-order valence-electron chi connectivity index (χ2n) is 13.0. The van der Waals surface area contributed by atoms with E-state index in [9.17, 15) is 27.6 Å². The number of piperidine rings is 1. The number of halogens is 5. The van der Waals surface area contributed by atoms with Gasteiger partial charge in [-0.2, -0.15) is 13.2 Å². The Labute approximate surface area is 285 Å². The van der Waals surface area contributed by atoms with Crippen LogP contribution in [0.1, 0.15) is 67.8 Å². The van der Waals surface area contributed by atoms with Crippen molar-refractivity contribution in [3.05, 3.63) is 105 Å². The van der Waals surface area contributed by atoms with Gasteiger partial charge in [0, 0.05) is 52.8 Å². The minimum absolute atomic E-state index is 0.0363. The van der Waals surface area contributed by atoms with E-state index in [1.165, 1.54) is 17.2 Å². The third-order valence-electron chi connectivity index (χ3n) is 8.69. The highest BCUT2D eigenvalue weighted by atomic mass is 35.5. The average Bonchev–Trinajstić information content (AvgIpc) is 3.28. The number of nitrogens with zero attached hydrogens (tertiary/aromatic N) is 1. The van der Waals surface area contributed by atoms with Crippen molar-refractivity contribution in [3.63, 3.8) is 0 Å². The Morgan fingerprint density at radius 3 is 2.42 bits per heavy atom. The van der Waals surface area contributed by atoms with E-state index in [4.69, 9.17) is 32.7 Å². The summed E-state index contributed by atoms with van der Waals surface area (Å²) in [4.78, 5) is 41.8. The Morgan fingerprint density at radius 1 is 1.00 bits per heavy atom. The van der Waals surface area contributed by atoms with Crippen molar-refractivity contribution in [2.24, 2.45) is 0 Å². The van der Waals surface area contributed by atoms with Crippen LogP contribution in [0, 0.1) is 0 Å². The number of amides is 3. The van der Waals surface area contributed by atoms with Crippen LogP contribution in [0.2, 0.25) is 10.0 Å². The number of rotatable bonds is 4. The van der Waals surface area contributed by atoms with Crippen molar-refractivity contribution in [2.45, 2.75) is 68.9 Å². The predicted molar refractivity (Wildman–Crippen MR) is 174 cm³/mol. The molecule has 13 heteroatoms. The van der Waals surface area contributed by atoms with Gasteiger partial charge < -0.3 is 20.1 Å². The first-order chi connectivity index (χ1) is 22.6. The summed E-state index contributed by atoms with van der Waals surface area (Å²) < 4.78 is 54.5. The summed E-state index contributed by atoms with van der Waals surface area (Å²) in [5, 5.41) is 6.45. The third-order valence-corrected chi connectivity index (χ3v) is 9.16. The second-order valence-corrected chi connectivity index (χ2v) is 13.9. The van der Waals surface area contributed by atoms with Gasteiger partial charge in [0.2, 0.25) is 11.8 Å². The second kappa shape index (κ2) is 12.3. The monoisotopic (exact) mass is 701 g/mol. The smallest absolute Gasteiger partial charge is 0.416 e. The largest absolute Gasteiger partial charge is 0.486 e. The van der Waals surface area contributed by atoms with Crippen LogP contribution in [-0.4, -0.2) is 41.1 Å². The van der Waals surface area contributed by atoms with Gasteiger partial charge in [-0.05, 0) is 80.4 Å². The Bertz CT molecular complexity index is 1830. The highest BCUT2D eigenvalue weighted by molar-refractivity contribution is 6.31. The number of carbonyl (C=O) groups excluding carboxylic acids is 3. The molecule has 0 aliphatic carbocycles. The molecular formula is C35H32Cl2F3N3O5. The number of nitrogens with one attached hydrogen (secondary N) is 2. The first-order valence-corrected chi connectivity index (χ1v) is 16.0. The van der Waals surface area contributed by atoms with E-state index in [0.717, 1.165) is 12.1 Å². The van der Waals surface area contributed by atoms with E-state index in [-0.39, 0.29) is 24.3 Å². The Morgan fingerprint density at radius 2 is 1.75 bits per heavy atom. The maximum atomic E-state index is 14.4. The Hall–Kier alpha value is -4.22. The molecule has 3 aliphatic heterocycles. The molecule has 252 valence electrons. The van der Waals surface area contributed by atoms with Crippen molar-refractivity contribution < 1.29 is 37.0 Å². The summed E-state index contributed by atoms with van der Waals surface area (Å²) in [5.41, 5.74) is -1.94. The average molecular weight is 703 g/mol. The van der Waals surface area contributed by atoms with Crippen LogP contribution in [0.25, 0.3) is 0 Å². The summed E-state index contributed by atoms with van der Waals surface area (Å²) in [6.07, 6.45) is -2.67. The number of fused-ring (bicyclic) bond motifs is 2. The first-order valence-electron chi connectivity index (χ1n) is 15.3. The molecular weight excluding hydrogens is 670 g/mol. The molecule has 8 nitrogen and oxygen atoms in total. The summed E-state index contributed by atoms with van der Waals surface area (Å²) >= 11 is 12.7. The van der Waals surface area contributed by atoms with Crippen LogP contribution >= 0.6 is 23.2 Å². The fourth-order valence-electron chi connectivity index (χ4n) is 6.70. The first kappa shape index (κ1) is 33.7. The molecule has 1 unspecified atom stereocenters. The lowest BCUT2D eigenvalue weighted by Gasteiger charge is -2.47. The molecule has 3 aromatic rings.